The van der Waals surface area contributed by atoms with Crippen molar-refractivity contribution in [3.05, 3.63) is 48.2 Å². The van der Waals surface area contributed by atoms with Gasteiger partial charge in [0.05, 0.1) is 12.6 Å². The minimum Gasteiger partial charge on any atom is -0.493 e. The number of aldehydes is 1. The Morgan fingerprint density at radius 3 is 2.70 bits per heavy atom. The van der Waals surface area contributed by atoms with Crippen molar-refractivity contribution >= 4 is 17.2 Å². The summed E-state index contributed by atoms with van der Waals surface area (Å²) >= 11 is 0. The fourth-order valence-corrected chi connectivity index (χ4v) is 2.00. The maximum absolute atomic E-state index is 10.9. The number of H-pyrrole nitrogens is 1. The van der Waals surface area contributed by atoms with Crippen LogP contribution in [0.3, 0.4) is 0 Å². The number of benzene rings is 2. The molecular weight excluding hydrogens is 256 g/mol. The van der Waals surface area contributed by atoms with Gasteiger partial charge in [0.1, 0.15) is 11.4 Å². The number of nitrogens with one attached hydrogen (secondary N) is 1. The lowest BCUT2D eigenvalue weighted by Gasteiger charge is -2.09. The number of fused-ring (bicyclic) bond motifs is 1. The second-order valence-electron chi connectivity index (χ2n) is 4.19. The third-order valence-corrected chi connectivity index (χ3v) is 2.97. The van der Waals surface area contributed by atoms with Crippen molar-refractivity contribution in [2.75, 3.05) is 7.11 Å². The molecule has 100 valence electrons. The van der Waals surface area contributed by atoms with Gasteiger partial charge in [0.25, 0.3) is 0 Å². The molecule has 1 N–H and O–H groups in total. The van der Waals surface area contributed by atoms with Gasteiger partial charge in [0, 0.05) is 5.39 Å². The van der Waals surface area contributed by atoms with Crippen molar-refractivity contribution in [1.29, 1.82) is 0 Å². The van der Waals surface area contributed by atoms with E-state index in [-0.39, 0.29) is 0 Å². The van der Waals surface area contributed by atoms with Crippen molar-refractivity contribution in [2.24, 2.45) is 0 Å². The molecular formula is C15H12N2O3. The van der Waals surface area contributed by atoms with E-state index in [1.165, 1.54) is 0 Å². The molecule has 0 unspecified atom stereocenters. The molecule has 0 bridgehead atoms. The predicted octanol–water partition coefficient (Wildman–Crippen LogP) is 3.18. The number of carbonyl (C=O) groups excluding carboxylic acids is 1. The van der Waals surface area contributed by atoms with Crippen molar-refractivity contribution in [3.63, 3.8) is 0 Å². The van der Waals surface area contributed by atoms with Crippen LogP contribution >= 0.6 is 0 Å². The molecule has 0 fully saturated rings. The molecule has 5 heteroatoms. The smallest absolute Gasteiger partial charge is 0.170 e. The maximum atomic E-state index is 10.9. The third kappa shape index (κ3) is 2.09. The van der Waals surface area contributed by atoms with Gasteiger partial charge < -0.3 is 9.47 Å². The van der Waals surface area contributed by atoms with E-state index in [2.05, 4.69) is 10.2 Å². The highest BCUT2D eigenvalue weighted by Gasteiger charge is 2.08. The molecule has 0 spiro atoms. The maximum Gasteiger partial charge on any atom is 0.170 e. The molecule has 0 aliphatic carbocycles. The van der Waals surface area contributed by atoms with Gasteiger partial charge in [-0.2, -0.15) is 5.10 Å². The van der Waals surface area contributed by atoms with Crippen LogP contribution in [0.5, 0.6) is 17.2 Å². The zero-order valence-corrected chi connectivity index (χ0v) is 10.8. The van der Waals surface area contributed by atoms with E-state index in [1.54, 1.807) is 13.2 Å². The first kappa shape index (κ1) is 12.2. The zero-order valence-electron chi connectivity index (χ0n) is 10.8. The summed E-state index contributed by atoms with van der Waals surface area (Å²) in [6.07, 6.45) is 0.714. The first-order chi connectivity index (χ1) is 9.81. The van der Waals surface area contributed by atoms with Gasteiger partial charge >= 0.3 is 0 Å². The second kappa shape index (κ2) is 5.05. The minimum atomic E-state index is 0.366. The van der Waals surface area contributed by atoms with E-state index in [0.717, 1.165) is 10.9 Å². The van der Waals surface area contributed by atoms with Crippen LogP contribution in [0, 0.1) is 0 Å². The van der Waals surface area contributed by atoms with Gasteiger partial charge in [-0.15, -0.1) is 0 Å². The average Bonchev–Trinajstić information content (AvgIpc) is 2.90. The zero-order chi connectivity index (χ0) is 13.9. The molecule has 5 nitrogen and oxygen atoms in total. The quantitative estimate of drug-likeness (QED) is 0.738. The Bertz CT molecular complexity index is 765. The molecule has 0 saturated carbocycles. The molecule has 2 aromatic carbocycles. The Morgan fingerprint density at radius 2 is 1.95 bits per heavy atom. The van der Waals surface area contributed by atoms with Crippen molar-refractivity contribution in [3.8, 4) is 17.2 Å². The van der Waals surface area contributed by atoms with Crippen LogP contribution in [0.2, 0.25) is 0 Å². The van der Waals surface area contributed by atoms with E-state index in [1.807, 2.05) is 36.4 Å². The third-order valence-electron chi connectivity index (χ3n) is 2.97. The Hall–Kier alpha value is -2.82. The van der Waals surface area contributed by atoms with E-state index in [0.29, 0.717) is 29.2 Å². The first-order valence-electron chi connectivity index (χ1n) is 6.06. The van der Waals surface area contributed by atoms with Crippen molar-refractivity contribution < 1.29 is 14.3 Å². The number of ether oxygens (including phenoxy) is 2. The lowest BCUT2D eigenvalue weighted by atomic mass is 10.2. The number of rotatable bonds is 4. The number of para-hydroxylation sites is 2. The summed E-state index contributed by atoms with van der Waals surface area (Å²) < 4.78 is 11.0. The SMILES string of the molecule is COc1ccccc1Oc1ccc2[nH]nc(C=O)c2c1. The molecule has 3 aromatic rings. The Labute approximate surface area is 115 Å². The lowest BCUT2D eigenvalue weighted by molar-refractivity contribution is 0.112. The largest absolute Gasteiger partial charge is 0.493 e. The van der Waals surface area contributed by atoms with Gasteiger partial charge in [0.15, 0.2) is 17.8 Å². The average molecular weight is 268 g/mol. The van der Waals surface area contributed by atoms with Crippen LogP contribution < -0.4 is 9.47 Å². The standard InChI is InChI=1S/C15H12N2O3/c1-19-14-4-2-3-5-15(14)20-10-6-7-12-11(8-10)13(9-18)17-16-12/h2-9H,1H3,(H,16,17). The monoisotopic (exact) mass is 268 g/mol. The summed E-state index contributed by atoms with van der Waals surface area (Å²) in [5.41, 5.74) is 1.16. The number of aromatic nitrogens is 2. The molecule has 0 aliphatic rings. The predicted molar refractivity (Wildman–Crippen MR) is 74.5 cm³/mol. The van der Waals surface area contributed by atoms with Gasteiger partial charge in [0.2, 0.25) is 0 Å². The van der Waals surface area contributed by atoms with E-state index >= 15 is 0 Å². The topological polar surface area (TPSA) is 64.2 Å². The van der Waals surface area contributed by atoms with Gasteiger partial charge in [-0.3, -0.25) is 9.89 Å². The fraction of sp³-hybridized carbons (Fsp3) is 0.0667. The normalized spacial score (nSPS) is 10.4. The van der Waals surface area contributed by atoms with Gasteiger partial charge in [-0.05, 0) is 30.3 Å². The van der Waals surface area contributed by atoms with Crippen molar-refractivity contribution in [1.82, 2.24) is 10.2 Å². The summed E-state index contributed by atoms with van der Waals surface area (Å²) in [6, 6.07) is 12.8. The highest BCUT2D eigenvalue weighted by atomic mass is 16.5. The number of methoxy groups -OCH3 is 1. The van der Waals surface area contributed by atoms with Crippen LogP contribution in [0.15, 0.2) is 42.5 Å². The molecule has 0 aliphatic heterocycles. The van der Waals surface area contributed by atoms with E-state index in [9.17, 15) is 4.79 Å². The lowest BCUT2D eigenvalue weighted by Crippen LogP contribution is -1.89. The van der Waals surface area contributed by atoms with Crippen LogP contribution in [0.1, 0.15) is 10.5 Å². The van der Waals surface area contributed by atoms with Crippen LogP contribution in [0.4, 0.5) is 0 Å². The fourth-order valence-electron chi connectivity index (χ4n) is 2.00. The molecule has 0 saturated heterocycles. The number of hydrogen-bond acceptors (Lipinski definition) is 4. The van der Waals surface area contributed by atoms with Crippen LogP contribution in [-0.2, 0) is 0 Å². The highest BCUT2D eigenvalue weighted by Crippen LogP contribution is 2.32. The highest BCUT2D eigenvalue weighted by molar-refractivity contribution is 5.95. The van der Waals surface area contributed by atoms with Crippen LogP contribution in [0.25, 0.3) is 10.9 Å². The summed E-state index contributed by atoms with van der Waals surface area (Å²) in [6.45, 7) is 0. The summed E-state index contributed by atoms with van der Waals surface area (Å²) in [5, 5.41) is 7.44. The second-order valence-corrected chi connectivity index (χ2v) is 4.19. The Morgan fingerprint density at radius 1 is 1.15 bits per heavy atom. The minimum absolute atomic E-state index is 0.366. The Balaban J connectivity index is 2.00. The number of hydrogen-bond donors (Lipinski definition) is 1. The summed E-state index contributed by atoms with van der Waals surface area (Å²) in [4.78, 5) is 10.9. The molecule has 1 heterocycles. The molecule has 0 radical (unpaired) electrons. The van der Waals surface area contributed by atoms with E-state index in [4.69, 9.17) is 9.47 Å². The molecule has 1 aromatic heterocycles. The van der Waals surface area contributed by atoms with E-state index < -0.39 is 0 Å². The summed E-state index contributed by atoms with van der Waals surface area (Å²) in [5.74, 6) is 1.88. The van der Waals surface area contributed by atoms with Crippen molar-refractivity contribution in [2.45, 2.75) is 0 Å². The molecule has 3 rings (SSSR count). The first-order valence-corrected chi connectivity index (χ1v) is 6.06. The summed E-state index contributed by atoms with van der Waals surface area (Å²) in [7, 11) is 1.59. The Kier molecular flexibility index (Phi) is 3.09. The van der Waals surface area contributed by atoms with Crippen LogP contribution in [-0.4, -0.2) is 23.6 Å². The van der Waals surface area contributed by atoms with Gasteiger partial charge in [-0.25, -0.2) is 0 Å². The molecule has 0 atom stereocenters. The number of nitrogens with zero attached hydrogens (tertiary/aromatic N) is 1. The number of aromatic amines is 1. The molecule has 20 heavy (non-hydrogen) atoms. The van der Waals surface area contributed by atoms with Gasteiger partial charge in [-0.1, -0.05) is 12.1 Å². The number of carbonyl (C=O) groups is 1. The molecule has 0 amide bonds.